The van der Waals surface area contributed by atoms with Gasteiger partial charge in [0.15, 0.2) is 6.04 Å². The number of amides is 1. The van der Waals surface area contributed by atoms with Crippen molar-refractivity contribution in [1.82, 2.24) is 4.90 Å². The third-order valence-corrected chi connectivity index (χ3v) is 2.76. The van der Waals surface area contributed by atoms with Crippen LogP contribution in [0, 0.1) is 6.92 Å². The van der Waals surface area contributed by atoms with E-state index >= 15 is 0 Å². The van der Waals surface area contributed by atoms with Crippen molar-refractivity contribution in [2.75, 3.05) is 19.8 Å². The summed E-state index contributed by atoms with van der Waals surface area (Å²) in [6, 6.07) is 0.622. The third kappa shape index (κ3) is 2.16. The fourth-order valence-corrected chi connectivity index (χ4v) is 1.81. The fourth-order valence-electron chi connectivity index (χ4n) is 1.81. The lowest BCUT2D eigenvalue weighted by Crippen LogP contribution is -2.52. The minimum atomic E-state index is -1.06. The van der Waals surface area contributed by atoms with Gasteiger partial charge in [-0.25, -0.2) is 4.79 Å². The van der Waals surface area contributed by atoms with Gasteiger partial charge in [-0.15, -0.1) is 0 Å². The molecule has 0 radical (unpaired) electrons. The van der Waals surface area contributed by atoms with Gasteiger partial charge >= 0.3 is 5.97 Å². The molecule has 1 aliphatic rings. The Hall–Kier alpha value is -1.82. The lowest BCUT2D eigenvalue weighted by atomic mass is 10.1. The van der Waals surface area contributed by atoms with E-state index in [0.717, 1.165) is 0 Å². The second-order valence-corrected chi connectivity index (χ2v) is 3.82. The van der Waals surface area contributed by atoms with Gasteiger partial charge in [-0.3, -0.25) is 4.79 Å². The molecule has 0 saturated carbocycles. The first kappa shape index (κ1) is 11.7. The highest BCUT2D eigenvalue weighted by Gasteiger charge is 2.34. The van der Waals surface area contributed by atoms with Crippen molar-refractivity contribution in [3.8, 4) is 0 Å². The zero-order valence-corrected chi connectivity index (χ0v) is 9.38. The molecule has 1 aliphatic heterocycles. The number of carboxylic acids is 1. The predicted octanol–water partition coefficient (Wildman–Crippen LogP) is 0.514. The number of ether oxygens (including phenoxy) is 1. The van der Waals surface area contributed by atoms with Crippen LogP contribution in [0.5, 0.6) is 0 Å². The summed E-state index contributed by atoms with van der Waals surface area (Å²) in [5.41, 5.74) is 0.401. The zero-order chi connectivity index (χ0) is 12.4. The molecule has 0 aromatic carbocycles. The molecule has 92 valence electrons. The summed E-state index contributed by atoms with van der Waals surface area (Å²) in [6.07, 6.45) is 1.42. The fraction of sp³-hybridized carbons (Fsp3) is 0.455. The number of rotatable bonds is 2. The molecule has 6 heteroatoms. The molecule has 0 bridgehead atoms. The first-order chi connectivity index (χ1) is 8.11. The minimum Gasteiger partial charge on any atom is -0.480 e. The lowest BCUT2D eigenvalue weighted by Gasteiger charge is -2.32. The van der Waals surface area contributed by atoms with Crippen LogP contribution >= 0.6 is 0 Å². The van der Waals surface area contributed by atoms with Gasteiger partial charge in [-0.05, 0) is 13.0 Å². The smallest absolute Gasteiger partial charge is 0.328 e. The van der Waals surface area contributed by atoms with E-state index in [9.17, 15) is 9.59 Å². The van der Waals surface area contributed by atoms with Crippen LogP contribution in [0.1, 0.15) is 16.1 Å². The first-order valence-electron chi connectivity index (χ1n) is 5.27. The maximum absolute atomic E-state index is 12.1. The van der Waals surface area contributed by atoms with E-state index in [-0.39, 0.29) is 19.1 Å². The Labute approximate surface area is 97.8 Å². The zero-order valence-electron chi connectivity index (χ0n) is 9.38. The summed E-state index contributed by atoms with van der Waals surface area (Å²) in [6.45, 7) is 2.33. The second-order valence-electron chi connectivity index (χ2n) is 3.82. The van der Waals surface area contributed by atoms with E-state index in [4.69, 9.17) is 14.3 Å². The average Bonchev–Trinajstić information content (AvgIpc) is 2.74. The molecule has 0 spiro atoms. The monoisotopic (exact) mass is 239 g/mol. The standard InChI is InChI=1S/C11H13NO5/c1-7-8(2-4-17-7)10(13)12-3-5-16-6-9(12)11(14)15/h2,4,9H,3,5-6H2,1H3,(H,14,15)/t9-/m1/s1. The van der Waals surface area contributed by atoms with Crippen LogP contribution in [-0.2, 0) is 9.53 Å². The summed E-state index contributed by atoms with van der Waals surface area (Å²) in [4.78, 5) is 24.5. The van der Waals surface area contributed by atoms with Gasteiger partial charge in [0.2, 0.25) is 0 Å². The van der Waals surface area contributed by atoms with Gasteiger partial charge in [0.05, 0.1) is 25.0 Å². The molecular formula is C11H13NO5. The van der Waals surface area contributed by atoms with Gasteiger partial charge in [-0.1, -0.05) is 0 Å². The molecule has 2 rings (SSSR count). The van der Waals surface area contributed by atoms with E-state index in [2.05, 4.69) is 0 Å². The van der Waals surface area contributed by atoms with Crippen LogP contribution in [0.3, 0.4) is 0 Å². The van der Waals surface area contributed by atoms with Crippen LogP contribution < -0.4 is 0 Å². The molecule has 6 nitrogen and oxygen atoms in total. The minimum absolute atomic E-state index is 0.0258. The molecule has 1 aromatic rings. The van der Waals surface area contributed by atoms with Crippen molar-refractivity contribution in [2.45, 2.75) is 13.0 Å². The first-order valence-corrected chi connectivity index (χ1v) is 5.27. The Kier molecular flexibility index (Phi) is 3.14. The number of aryl methyl sites for hydroxylation is 1. The molecule has 0 unspecified atom stereocenters. The van der Waals surface area contributed by atoms with E-state index in [1.165, 1.54) is 11.2 Å². The highest BCUT2D eigenvalue weighted by molar-refractivity contribution is 5.97. The molecule has 17 heavy (non-hydrogen) atoms. The van der Waals surface area contributed by atoms with E-state index < -0.39 is 12.0 Å². The molecular weight excluding hydrogens is 226 g/mol. The van der Waals surface area contributed by atoms with Crippen molar-refractivity contribution >= 4 is 11.9 Å². The van der Waals surface area contributed by atoms with Crippen LogP contribution in [0.15, 0.2) is 16.7 Å². The van der Waals surface area contributed by atoms with Crippen molar-refractivity contribution in [3.05, 3.63) is 23.7 Å². The average molecular weight is 239 g/mol. The largest absolute Gasteiger partial charge is 0.480 e. The van der Waals surface area contributed by atoms with Crippen LogP contribution in [-0.4, -0.2) is 47.7 Å². The number of nitrogens with zero attached hydrogens (tertiary/aromatic N) is 1. The number of carbonyl (C=O) groups excluding carboxylic acids is 1. The van der Waals surface area contributed by atoms with Crippen LogP contribution in [0.2, 0.25) is 0 Å². The molecule has 2 heterocycles. The highest BCUT2D eigenvalue weighted by atomic mass is 16.5. The quantitative estimate of drug-likeness (QED) is 0.813. The highest BCUT2D eigenvalue weighted by Crippen LogP contribution is 2.16. The van der Waals surface area contributed by atoms with Crippen molar-refractivity contribution in [2.24, 2.45) is 0 Å². The normalized spacial score (nSPS) is 20.3. The number of carboxylic acid groups (broad SMARTS) is 1. The van der Waals surface area contributed by atoms with Crippen molar-refractivity contribution < 1.29 is 23.8 Å². The Morgan fingerprint density at radius 2 is 2.29 bits per heavy atom. The van der Waals surface area contributed by atoms with Crippen molar-refractivity contribution in [3.63, 3.8) is 0 Å². The van der Waals surface area contributed by atoms with Gasteiger partial charge < -0.3 is 19.2 Å². The molecule has 1 amide bonds. The second kappa shape index (κ2) is 4.58. The molecule has 1 atom stereocenters. The Balaban J connectivity index is 2.23. The maximum atomic E-state index is 12.1. The predicted molar refractivity (Wildman–Crippen MR) is 56.7 cm³/mol. The van der Waals surface area contributed by atoms with E-state index in [1.807, 2.05) is 0 Å². The number of morpholine rings is 1. The topological polar surface area (TPSA) is 80.0 Å². The Morgan fingerprint density at radius 1 is 1.53 bits per heavy atom. The van der Waals surface area contributed by atoms with E-state index in [0.29, 0.717) is 17.9 Å². The number of aliphatic carboxylic acids is 1. The summed E-state index contributed by atoms with van der Waals surface area (Å²) in [5.74, 6) is -0.892. The van der Waals surface area contributed by atoms with Gasteiger partial charge in [0, 0.05) is 6.54 Å². The Morgan fingerprint density at radius 3 is 2.88 bits per heavy atom. The molecule has 0 aliphatic carbocycles. The maximum Gasteiger partial charge on any atom is 0.328 e. The lowest BCUT2D eigenvalue weighted by molar-refractivity contribution is -0.147. The molecule has 1 saturated heterocycles. The Bertz CT molecular complexity index is 439. The summed E-state index contributed by atoms with van der Waals surface area (Å²) < 4.78 is 10.1. The molecule has 1 N–H and O–H groups in total. The number of carbonyl (C=O) groups is 2. The van der Waals surface area contributed by atoms with Gasteiger partial charge in [0.25, 0.3) is 5.91 Å². The summed E-state index contributed by atoms with van der Waals surface area (Å²) >= 11 is 0. The van der Waals surface area contributed by atoms with Crippen molar-refractivity contribution in [1.29, 1.82) is 0 Å². The summed E-state index contributed by atoms with van der Waals surface area (Å²) in [7, 11) is 0. The number of hydrogen-bond acceptors (Lipinski definition) is 4. The number of furan rings is 1. The molecule has 1 fully saturated rings. The molecule has 1 aromatic heterocycles. The third-order valence-electron chi connectivity index (χ3n) is 2.76. The number of hydrogen-bond donors (Lipinski definition) is 1. The summed E-state index contributed by atoms with van der Waals surface area (Å²) in [5, 5.41) is 9.03. The van der Waals surface area contributed by atoms with E-state index in [1.54, 1.807) is 13.0 Å². The SMILES string of the molecule is Cc1occc1C(=O)N1CCOC[C@@H]1C(=O)O. The van der Waals surface area contributed by atoms with Crippen LogP contribution in [0.4, 0.5) is 0 Å². The van der Waals surface area contributed by atoms with Gasteiger partial charge in [-0.2, -0.15) is 0 Å². The van der Waals surface area contributed by atoms with Gasteiger partial charge in [0.1, 0.15) is 5.76 Å². The van der Waals surface area contributed by atoms with Crippen LogP contribution in [0.25, 0.3) is 0 Å².